The maximum atomic E-state index is 5.98. The molecule has 0 radical (unpaired) electrons. The molecule has 1 aliphatic rings. The largest absolute Gasteiger partial charge is 0.298 e. The smallest absolute Gasteiger partial charge is 0.0558 e. The molecule has 0 aliphatic carbocycles. The van der Waals surface area contributed by atoms with Gasteiger partial charge in [-0.15, -0.1) is 0 Å². The molecule has 1 fully saturated rings. The summed E-state index contributed by atoms with van der Waals surface area (Å²) >= 11 is 5.98. The fraction of sp³-hybridized carbons (Fsp3) is 0.615. The number of hydrogen-bond donors (Lipinski definition) is 0. The second-order valence-corrected chi connectivity index (χ2v) is 5.46. The van der Waals surface area contributed by atoms with E-state index in [1.54, 1.807) is 6.20 Å². The van der Waals surface area contributed by atoms with Crippen molar-refractivity contribution < 1.29 is 0 Å². The third kappa shape index (κ3) is 3.18. The number of piperazine rings is 1. The molecular weight excluding hydrogens is 234 g/mol. The molecule has 1 saturated heterocycles. The molecule has 2 atom stereocenters. The van der Waals surface area contributed by atoms with Crippen molar-refractivity contribution in [1.29, 1.82) is 0 Å². The van der Waals surface area contributed by atoms with Gasteiger partial charge in [-0.3, -0.25) is 14.8 Å². The molecule has 1 aliphatic heterocycles. The van der Waals surface area contributed by atoms with Crippen molar-refractivity contribution >= 4 is 11.6 Å². The van der Waals surface area contributed by atoms with Gasteiger partial charge in [-0.25, -0.2) is 0 Å². The van der Waals surface area contributed by atoms with E-state index >= 15 is 0 Å². The predicted octanol–water partition coefficient (Wildman–Crippen LogP) is 2.26. The Morgan fingerprint density at radius 3 is 2.59 bits per heavy atom. The van der Waals surface area contributed by atoms with Gasteiger partial charge in [-0.05, 0) is 33.0 Å². The Labute approximate surface area is 108 Å². The lowest BCUT2D eigenvalue weighted by Gasteiger charge is -2.42. The standard InChI is InChI=1S/C13H20ClN3/c1-10-7-17(8-11(2)16(10)3)9-13-6-12(14)4-5-15-13/h4-6,10-11H,7-9H2,1-3H3. The summed E-state index contributed by atoms with van der Waals surface area (Å²) in [6, 6.07) is 4.96. The van der Waals surface area contributed by atoms with Crippen molar-refractivity contribution in [3.05, 3.63) is 29.0 Å². The van der Waals surface area contributed by atoms with Crippen LogP contribution in [0.15, 0.2) is 18.3 Å². The number of halogens is 1. The van der Waals surface area contributed by atoms with Crippen molar-refractivity contribution in [2.75, 3.05) is 20.1 Å². The van der Waals surface area contributed by atoms with Crippen molar-refractivity contribution in [2.24, 2.45) is 0 Å². The highest BCUT2D eigenvalue weighted by atomic mass is 35.5. The zero-order chi connectivity index (χ0) is 12.4. The highest BCUT2D eigenvalue weighted by Gasteiger charge is 2.26. The van der Waals surface area contributed by atoms with Gasteiger partial charge in [-0.2, -0.15) is 0 Å². The minimum absolute atomic E-state index is 0.595. The van der Waals surface area contributed by atoms with Crippen LogP contribution in [0.3, 0.4) is 0 Å². The summed E-state index contributed by atoms with van der Waals surface area (Å²) in [6.07, 6.45) is 1.78. The molecule has 2 unspecified atom stereocenters. The number of nitrogens with zero attached hydrogens (tertiary/aromatic N) is 3. The summed E-state index contributed by atoms with van der Waals surface area (Å²) in [5.74, 6) is 0. The maximum absolute atomic E-state index is 5.98. The van der Waals surface area contributed by atoms with Crippen molar-refractivity contribution in [3.63, 3.8) is 0 Å². The van der Waals surface area contributed by atoms with Crippen molar-refractivity contribution in [3.8, 4) is 0 Å². The number of aromatic nitrogens is 1. The predicted molar refractivity (Wildman–Crippen MR) is 71.2 cm³/mol. The average molecular weight is 254 g/mol. The van der Waals surface area contributed by atoms with Gasteiger partial charge in [0.25, 0.3) is 0 Å². The van der Waals surface area contributed by atoms with Gasteiger partial charge in [0.1, 0.15) is 0 Å². The zero-order valence-corrected chi connectivity index (χ0v) is 11.5. The first-order valence-corrected chi connectivity index (χ1v) is 6.49. The Balaban J connectivity index is 2.00. The summed E-state index contributed by atoms with van der Waals surface area (Å²) in [5.41, 5.74) is 1.06. The molecule has 3 nitrogen and oxygen atoms in total. The number of pyridine rings is 1. The average Bonchev–Trinajstić information content (AvgIpc) is 2.26. The molecule has 0 aromatic carbocycles. The third-order valence-corrected chi connectivity index (χ3v) is 3.83. The maximum Gasteiger partial charge on any atom is 0.0558 e. The van der Waals surface area contributed by atoms with E-state index in [0.717, 1.165) is 30.4 Å². The van der Waals surface area contributed by atoms with Crippen LogP contribution in [-0.2, 0) is 6.54 Å². The first-order chi connectivity index (χ1) is 8.06. The number of hydrogen-bond acceptors (Lipinski definition) is 3. The first-order valence-electron chi connectivity index (χ1n) is 6.11. The van der Waals surface area contributed by atoms with Crippen LogP contribution in [0.5, 0.6) is 0 Å². The lowest BCUT2D eigenvalue weighted by Crippen LogP contribution is -2.54. The SMILES string of the molecule is CC1CN(Cc2cc(Cl)ccn2)CC(C)N1C. The minimum Gasteiger partial charge on any atom is -0.298 e. The molecule has 1 aromatic heterocycles. The van der Waals surface area contributed by atoms with Crippen LogP contribution in [0.1, 0.15) is 19.5 Å². The lowest BCUT2D eigenvalue weighted by atomic mass is 10.1. The Kier molecular flexibility index (Phi) is 4.02. The van der Waals surface area contributed by atoms with Gasteiger partial charge in [0, 0.05) is 42.9 Å². The molecule has 17 heavy (non-hydrogen) atoms. The molecule has 1 aromatic rings. The third-order valence-electron chi connectivity index (χ3n) is 3.60. The molecule has 2 heterocycles. The van der Waals surface area contributed by atoms with E-state index in [2.05, 4.69) is 35.7 Å². The first kappa shape index (κ1) is 12.8. The number of rotatable bonds is 2. The highest BCUT2D eigenvalue weighted by molar-refractivity contribution is 6.30. The zero-order valence-electron chi connectivity index (χ0n) is 10.7. The second kappa shape index (κ2) is 5.34. The van der Waals surface area contributed by atoms with Gasteiger partial charge in [-0.1, -0.05) is 11.6 Å². The summed E-state index contributed by atoms with van der Waals surface area (Å²) in [6.45, 7) is 7.62. The molecule has 0 bridgehead atoms. The Hall–Kier alpha value is -0.640. The van der Waals surface area contributed by atoms with E-state index in [1.807, 2.05) is 12.1 Å². The number of likely N-dealkylation sites (N-methyl/N-ethyl adjacent to an activating group) is 1. The van der Waals surface area contributed by atoms with Crippen LogP contribution in [0.4, 0.5) is 0 Å². The summed E-state index contributed by atoms with van der Waals surface area (Å²) in [5, 5.41) is 0.769. The van der Waals surface area contributed by atoms with Gasteiger partial charge >= 0.3 is 0 Å². The Morgan fingerprint density at radius 1 is 1.35 bits per heavy atom. The Bertz CT molecular complexity index is 371. The van der Waals surface area contributed by atoms with Crippen LogP contribution in [-0.4, -0.2) is 47.0 Å². The van der Waals surface area contributed by atoms with E-state index in [4.69, 9.17) is 11.6 Å². The topological polar surface area (TPSA) is 19.4 Å². The van der Waals surface area contributed by atoms with Crippen LogP contribution in [0, 0.1) is 0 Å². The van der Waals surface area contributed by atoms with Crippen LogP contribution in [0.25, 0.3) is 0 Å². The van der Waals surface area contributed by atoms with E-state index in [9.17, 15) is 0 Å². The van der Waals surface area contributed by atoms with E-state index in [0.29, 0.717) is 12.1 Å². The normalized spacial score (nSPS) is 27.3. The van der Waals surface area contributed by atoms with E-state index in [-0.39, 0.29) is 0 Å². The van der Waals surface area contributed by atoms with Gasteiger partial charge in [0.05, 0.1) is 5.69 Å². The summed E-state index contributed by atoms with van der Waals surface area (Å²) in [7, 11) is 2.20. The summed E-state index contributed by atoms with van der Waals surface area (Å²) in [4.78, 5) is 9.25. The molecule has 0 saturated carbocycles. The lowest BCUT2D eigenvalue weighted by molar-refractivity contribution is 0.0549. The molecule has 4 heteroatoms. The molecule has 0 amide bonds. The van der Waals surface area contributed by atoms with Crippen molar-refractivity contribution in [2.45, 2.75) is 32.5 Å². The van der Waals surface area contributed by atoms with Gasteiger partial charge in [0.15, 0.2) is 0 Å². The Morgan fingerprint density at radius 2 is 2.00 bits per heavy atom. The van der Waals surface area contributed by atoms with Gasteiger partial charge in [0.2, 0.25) is 0 Å². The summed E-state index contributed by atoms with van der Waals surface area (Å²) < 4.78 is 0. The van der Waals surface area contributed by atoms with Crippen LogP contribution in [0.2, 0.25) is 5.02 Å². The monoisotopic (exact) mass is 253 g/mol. The van der Waals surface area contributed by atoms with Crippen LogP contribution < -0.4 is 0 Å². The molecular formula is C13H20ClN3. The van der Waals surface area contributed by atoms with Crippen molar-refractivity contribution in [1.82, 2.24) is 14.8 Å². The molecule has 2 rings (SSSR count). The molecule has 0 spiro atoms. The van der Waals surface area contributed by atoms with Gasteiger partial charge < -0.3 is 0 Å². The fourth-order valence-electron chi connectivity index (χ4n) is 2.41. The van der Waals surface area contributed by atoms with E-state index in [1.165, 1.54) is 0 Å². The minimum atomic E-state index is 0.595. The molecule has 94 valence electrons. The quantitative estimate of drug-likeness (QED) is 0.806. The fourth-order valence-corrected chi connectivity index (χ4v) is 2.59. The highest BCUT2D eigenvalue weighted by Crippen LogP contribution is 2.16. The molecule has 0 N–H and O–H groups in total. The second-order valence-electron chi connectivity index (χ2n) is 5.02. The van der Waals surface area contributed by atoms with E-state index < -0.39 is 0 Å². The van der Waals surface area contributed by atoms with Crippen LogP contribution >= 0.6 is 11.6 Å².